The van der Waals surface area contributed by atoms with Crippen molar-refractivity contribution < 1.29 is 4.79 Å². The number of rotatable bonds is 4. The Labute approximate surface area is 108 Å². The predicted octanol–water partition coefficient (Wildman–Crippen LogP) is 4.02. The molecule has 0 radical (unpaired) electrons. The maximum absolute atomic E-state index is 12.0. The summed E-state index contributed by atoms with van der Waals surface area (Å²) in [4.78, 5) is 12.0. The zero-order valence-electron chi connectivity index (χ0n) is 10.6. The third-order valence-corrected chi connectivity index (χ3v) is 3.18. The largest absolute Gasteiger partial charge is 0.289 e. The average molecular weight is 236 g/mol. The number of Topliss-reactive ketones (excluding diaryl/α,β-unsaturated/α-hetero) is 1. The summed E-state index contributed by atoms with van der Waals surface area (Å²) in [6.45, 7) is 1.89. The fourth-order valence-corrected chi connectivity index (χ4v) is 2.18. The predicted molar refractivity (Wildman–Crippen MR) is 75.2 cm³/mol. The van der Waals surface area contributed by atoms with Gasteiger partial charge < -0.3 is 0 Å². The first-order chi connectivity index (χ1) is 8.75. The number of carbonyl (C=O) groups excluding carboxylic acids is 1. The number of terminal acetylenes is 1. The minimum atomic E-state index is 0.147. The SMILES string of the molecule is C#CCCC/C=C\C1=C(C)C(=O)c2ccccc21. The van der Waals surface area contributed by atoms with Gasteiger partial charge >= 0.3 is 0 Å². The van der Waals surface area contributed by atoms with E-state index in [2.05, 4.69) is 18.1 Å². The Morgan fingerprint density at radius 3 is 2.72 bits per heavy atom. The molecule has 0 heterocycles. The molecule has 18 heavy (non-hydrogen) atoms. The van der Waals surface area contributed by atoms with Crippen LogP contribution in [0.3, 0.4) is 0 Å². The first-order valence-corrected chi connectivity index (χ1v) is 6.20. The number of hydrogen-bond acceptors (Lipinski definition) is 1. The molecule has 0 spiro atoms. The van der Waals surface area contributed by atoms with Crippen LogP contribution in [0.25, 0.3) is 5.57 Å². The lowest BCUT2D eigenvalue weighted by atomic mass is 10.0. The van der Waals surface area contributed by atoms with Crippen LogP contribution in [0.2, 0.25) is 0 Å². The lowest BCUT2D eigenvalue weighted by molar-refractivity contribution is 0.103. The standard InChI is InChI=1S/C17H16O/c1-3-4-5-6-7-10-14-13(2)17(18)16-12-9-8-11-15(14)16/h1,7-12H,4-6H2,2H3/b10-7-. The number of hydrogen-bond donors (Lipinski definition) is 0. The quantitative estimate of drug-likeness (QED) is 0.570. The molecule has 90 valence electrons. The van der Waals surface area contributed by atoms with Crippen molar-refractivity contribution in [3.8, 4) is 12.3 Å². The van der Waals surface area contributed by atoms with Gasteiger partial charge in [0.05, 0.1) is 0 Å². The number of unbranched alkanes of at least 4 members (excludes halogenated alkanes) is 2. The Morgan fingerprint density at radius 2 is 2.00 bits per heavy atom. The Morgan fingerprint density at radius 1 is 1.28 bits per heavy atom. The number of ketones is 1. The Balaban J connectivity index is 2.18. The second-order valence-electron chi connectivity index (χ2n) is 4.41. The molecule has 1 aromatic carbocycles. The van der Waals surface area contributed by atoms with Crippen LogP contribution in [0.15, 0.2) is 42.0 Å². The first kappa shape index (κ1) is 12.4. The van der Waals surface area contributed by atoms with Crippen LogP contribution in [-0.4, -0.2) is 5.78 Å². The van der Waals surface area contributed by atoms with E-state index in [1.165, 1.54) is 0 Å². The van der Waals surface area contributed by atoms with Gasteiger partial charge in [0, 0.05) is 17.6 Å². The molecule has 1 aliphatic rings. The van der Waals surface area contributed by atoms with Crippen molar-refractivity contribution in [2.24, 2.45) is 0 Å². The Hall–Kier alpha value is -2.07. The molecule has 0 bridgehead atoms. The van der Waals surface area contributed by atoms with Crippen LogP contribution in [0.1, 0.15) is 42.1 Å². The number of carbonyl (C=O) groups is 1. The fraction of sp³-hybridized carbons (Fsp3) is 0.235. The normalized spacial score (nSPS) is 14.1. The molecular weight excluding hydrogens is 220 g/mol. The van der Waals surface area contributed by atoms with Gasteiger partial charge in [0.25, 0.3) is 0 Å². The molecular formula is C17H16O. The topological polar surface area (TPSA) is 17.1 Å². The van der Waals surface area contributed by atoms with Gasteiger partial charge in [0.15, 0.2) is 5.78 Å². The zero-order chi connectivity index (χ0) is 13.0. The number of allylic oxidation sites excluding steroid dienone is 4. The summed E-state index contributed by atoms with van der Waals surface area (Å²) in [7, 11) is 0. The van der Waals surface area contributed by atoms with E-state index in [1.807, 2.05) is 31.2 Å². The van der Waals surface area contributed by atoms with Gasteiger partial charge in [0.1, 0.15) is 0 Å². The van der Waals surface area contributed by atoms with Crippen LogP contribution < -0.4 is 0 Å². The van der Waals surface area contributed by atoms with E-state index < -0.39 is 0 Å². The van der Waals surface area contributed by atoms with Crippen molar-refractivity contribution in [1.29, 1.82) is 0 Å². The number of fused-ring (bicyclic) bond motifs is 1. The summed E-state index contributed by atoms with van der Waals surface area (Å²) in [6, 6.07) is 7.77. The highest BCUT2D eigenvalue weighted by atomic mass is 16.1. The highest BCUT2D eigenvalue weighted by Gasteiger charge is 2.24. The van der Waals surface area contributed by atoms with E-state index in [0.717, 1.165) is 41.5 Å². The molecule has 2 rings (SSSR count). The second-order valence-corrected chi connectivity index (χ2v) is 4.41. The van der Waals surface area contributed by atoms with Crippen molar-refractivity contribution in [2.45, 2.75) is 26.2 Å². The highest BCUT2D eigenvalue weighted by Crippen LogP contribution is 2.33. The lowest BCUT2D eigenvalue weighted by Gasteiger charge is -1.99. The second kappa shape index (κ2) is 5.51. The molecule has 1 heteroatoms. The molecule has 0 atom stereocenters. The summed E-state index contributed by atoms with van der Waals surface area (Å²) in [5, 5.41) is 0. The van der Waals surface area contributed by atoms with Crippen LogP contribution in [0.4, 0.5) is 0 Å². The fourth-order valence-electron chi connectivity index (χ4n) is 2.18. The molecule has 1 aliphatic carbocycles. The third-order valence-electron chi connectivity index (χ3n) is 3.18. The van der Waals surface area contributed by atoms with Crippen LogP contribution >= 0.6 is 0 Å². The lowest BCUT2D eigenvalue weighted by Crippen LogP contribution is -1.94. The van der Waals surface area contributed by atoms with Crippen molar-refractivity contribution in [3.05, 3.63) is 53.1 Å². The third kappa shape index (κ3) is 2.28. The van der Waals surface area contributed by atoms with E-state index in [9.17, 15) is 4.79 Å². The smallest absolute Gasteiger partial charge is 0.189 e. The van der Waals surface area contributed by atoms with Crippen LogP contribution in [0.5, 0.6) is 0 Å². The molecule has 0 saturated carbocycles. The zero-order valence-corrected chi connectivity index (χ0v) is 10.6. The van der Waals surface area contributed by atoms with Gasteiger partial charge in [-0.3, -0.25) is 4.79 Å². The molecule has 0 saturated heterocycles. The minimum absolute atomic E-state index is 0.147. The molecule has 0 unspecified atom stereocenters. The maximum Gasteiger partial charge on any atom is 0.189 e. The van der Waals surface area contributed by atoms with E-state index in [1.54, 1.807) is 0 Å². The Kier molecular flexibility index (Phi) is 3.79. The molecule has 0 aromatic heterocycles. The molecule has 0 fully saturated rings. The van der Waals surface area contributed by atoms with Gasteiger partial charge in [-0.25, -0.2) is 0 Å². The summed E-state index contributed by atoms with van der Waals surface area (Å²) in [6.07, 6.45) is 12.1. The van der Waals surface area contributed by atoms with Gasteiger partial charge in [-0.2, -0.15) is 0 Å². The van der Waals surface area contributed by atoms with Crippen LogP contribution in [-0.2, 0) is 0 Å². The van der Waals surface area contributed by atoms with E-state index >= 15 is 0 Å². The van der Waals surface area contributed by atoms with E-state index in [-0.39, 0.29) is 5.78 Å². The molecule has 0 aliphatic heterocycles. The molecule has 0 amide bonds. The summed E-state index contributed by atoms with van der Waals surface area (Å²) in [5.74, 6) is 2.77. The van der Waals surface area contributed by atoms with Crippen molar-refractivity contribution in [2.75, 3.05) is 0 Å². The molecule has 1 nitrogen and oxygen atoms in total. The summed E-state index contributed by atoms with van der Waals surface area (Å²) < 4.78 is 0. The van der Waals surface area contributed by atoms with Crippen molar-refractivity contribution >= 4 is 11.4 Å². The summed E-state index contributed by atoms with van der Waals surface area (Å²) in [5.41, 5.74) is 3.76. The van der Waals surface area contributed by atoms with Gasteiger partial charge in [-0.05, 0) is 30.9 Å². The van der Waals surface area contributed by atoms with Gasteiger partial charge in [-0.15, -0.1) is 12.3 Å². The van der Waals surface area contributed by atoms with Crippen LogP contribution in [0, 0.1) is 12.3 Å². The monoisotopic (exact) mass is 236 g/mol. The van der Waals surface area contributed by atoms with E-state index in [4.69, 9.17) is 6.42 Å². The van der Waals surface area contributed by atoms with Crippen molar-refractivity contribution in [3.63, 3.8) is 0 Å². The summed E-state index contributed by atoms with van der Waals surface area (Å²) >= 11 is 0. The minimum Gasteiger partial charge on any atom is -0.289 e. The molecule has 0 N–H and O–H groups in total. The average Bonchev–Trinajstić information content (AvgIpc) is 2.64. The number of benzene rings is 1. The van der Waals surface area contributed by atoms with Gasteiger partial charge in [-0.1, -0.05) is 36.4 Å². The Bertz CT molecular complexity index is 568. The van der Waals surface area contributed by atoms with Gasteiger partial charge in [0.2, 0.25) is 0 Å². The first-order valence-electron chi connectivity index (χ1n) is 6.20. The highest BCUT2D eigenvalue weighted by molar-refractivity contribution is 6.21. The van der Waals surface area contributed by atoms with Crippen molar-refractivity contribution in [1.82, 2.24) is 0 Å². The maximum atomic E-state index is 12.0. The molecule has 1 aromatic rings. The van der Waals surface area contributed by atoms with E-state index in [0.29, 0.717) is 0 Å².